The number of rotatable bonds is 8. The van der Waals surface area contributed by atoms with E-state index in [1.165, 1.54) is 7.11 Å². The van der Waals surface area contributed by atoms with Gasteiger partial charge in [0.05, 0.1) is 7.11 Å². The van der Waals surface area contributed by atoms with Gasteiger partial charge in [-0.3, -0.25) is 4.79 Å². The van der Waals surface area contributed by atoms with E-state index in [9.17, 15) is 4.79 Å². The number of nitrogens with one attached hydrogen (secondary N) is 1. The Morgan fingerprint density at radius 1 is 1.62 bits per heavy atom. The Bertz CT molecular complexity index is 251. The van der Waals surface area contributed by atoms with Crippen molar-refractivity contribution in [3.05, 3.63) is 10.4 Å². The molecule has 2 unspecified atom stereocenters. The van der Waals surface area contributed by atoms with Gasteiger partial charge in [-0.2, -0.15) is 0 Å². The van der Waals surface area contributed by atoms with Crippen molar-refractivity contribution in [3.63, 3.8) is 0 Å². The zero-order chi connectivity index (χ0) is 12.4. The number of nitrogens with zero attached hydrogens (tertiary/aromatic N) is 3. The molecule has 0 rings (SSSR count). The van der Waals surface area contributed by atoms with E-state index >= 15 is 0 Å². The molecule has 2 atom stereocenters. The summed E-state index contributed by atoms with van der Waals surface area (Å²) in [4.78, 5) is 14.1. The van der Waals surface area contributed by atoms with Gasteiger partial charge in [-0.15, -0.1) is 0 Å². The van der Waals surface area contributed by atoms with Gasteiger partial charge < -0.3 is 10.1 Å². The van der Waals surface area contributed by atoms with Gasteiger partial charge in [-0.25, -0.2) is 0 Å². The van der Waals surface area contributed by atoms with Crippen LogP contribution in [0.3, 0.4) is 0 Å². The highest BCUT2D eigenvalue weighted by Crippen LogP contribution is 2.09. The summed E-state index contributed by atoms with van der Waals surface area (Å²) in [5.41, 5.74) is 8.09. The van der Waals surface area contributed by atoms with E-state index in [0.29, 0.717) is 19.5 Å². The highest BCUT2D eigenvalue weighted by Gasteiger charge is 2.23. The zero-order valence-electron chi connectivity index (χ0n) is 10.1. The van der Waals surface area contributed by atoms with Crippen LogP contribution in [0.15, 0.2) is 5.11 Å². The first kappa shape index (κ1) is 14.7. The minimum Gasteiger partial charge on any atom is -0.468 e. The standard InChI is InChI=1S/C10H20N4O2/c1-4-8(2)9(10(15)16-3)12-6-5-7-13-14-11/h8-9,12H,4-7H2,1-3H3. The molecule has 0 aromatic rings. The molecule has 0 fully saturated rings. The third-order valence-electron chi connectivity index (χ3n) is 2.53. The summed E-state index contributed by atoms with van der Waals surface area (Å²) >= 11 is 0. The molecule has 16 heavy (non-hydrogen) atoms. The number of azide groups is 1. The Morgan fingerprint density at radius 2 is 2.31 bits per heavy atom. The first-order valence-corrected chi connectivity index (χ1v) is 5.49. The molecule has 0 aromatic heterocycles. The third kappa shape index (κ3) is 5.58. The molecule has 0 spiro atoms. The number of hydrogen-bond donors (Lipinski definition) is 1. The van der Waals surface area contributed by atoms with Gasteiger partial charge in [0.2, 0.25) is 0 Å². The van der Waals surface area contributed by atoms with E-state index in [1.54, 1.807) is 0 Å². The summed E-state index contributed by atoms with van der Waals surface area (Å²) in [7, 11) is 1.39. The van der Waals surface area contributed by atoms with Gasteiger partial charge >= 0.3 is 5.97 Å². The summed E-state index contributed by atoms with van der Waals surface area (Å²) in [6.07, 6.45) is 1.62. The molecule has 0 saturated heterocycles. The van der Waals surface area contributed by atoms with Gasteiger partial charge in [-0.05, 0) is 24.4 Å². The quantitative estimate of drug-likeness (QED) is 0.226. The molecule has 0 radical (unpaired) electrons. The Labute approximate surface area is 96.0 Å². The summed E-state index contributed by atoms with van der Waals surface area (Å²) in [5, 5.41) is 6.55. The average molecular weight is 228 g/mol. The van der Waals surface area contributed by atoms with Crippen LogP contribution in [0, 0.1) is 5.92 Å². The number of carbonyl (C=O) groups is 1. The molecule has 0 saturated carbocycles. The van der Waals surface area contributed by atoms with Gasteiger partial charge in [0.1, 0.15) is 6.04 Å². The van der Waals surface area contributed by atoms with Crippen LogP contribution < -0.4 is 5.32 Å². The Morgan fingerprint density at radius 3 is 2.81 bits per heavy atom. The van der Waals surface area contributed by atoms with Crippen LogP contribution in [0.4, 0.5) is 0 Å². The molecule has 0 aliphatic carbocycles. The van der Waals surface area contributed by atoms with Crippen molar-refractivity contribution >= 4 is 5.97 Å². The van der Waals surface area contributed by atoms with E-state index in [-0.39, 0.29) is 17.9 Å². The molecule has 0 aliphatic rings. The lowest BCUT2D eigenvalue weighted by atomic mass is 9.99. The maximum absolute atomic E-state index is 11.5. The van der Waals surface area contributed by atoms with Crippen LogP contribution in [-0.2, 0) is 9.53 Å². The number of esters is 1. The molecule has 6 nitrogen and oxygen atoms in total. The first-order valence-electron chi connectivity index (χ1n) is 5.49. The monoisotopic (exact) mass is 228 g/mol. The summed E-state index contributed by atoms with van der Waals surface area (Å²) < 4.78 is 4.73. The summed E-state index contributed by atoms with van der Waals surface area (Å²) in [5.74, 6) is -0.00921. The molecule has 0 bridgehead atoms. The van der Waals surface area contributed by atoms with Crippen LogP contribution in [0.5, 0.6) is 0 Å². The largest absolute Gasteiger partial charge is 0.468 e. The van der Waals surface area contributed by atoms with Crippen molar-refractivity contribution in [2.45, 2.75) is 32.7 Å². The fourth-order valence-corrected chi connectivity index (χ4v) is 1.33. The second-order valence-electron chi connectivity index (χ2n) is 3.65. The number of carbonyl (C=O) groups excluding carboxylic acids is 1. The topological polar surface area (TPSA) is 87.1 Å². The van der Waals surface area contributed by atoms with Crippen molar-refractivity contribution in [1.29, 1.82) is 0 Å². The molecule has 1 N–H and O–H groups in total. The minimum absolute atomic E-state index is 0.229. The van der Waals surface area contributed by atoms with Crippen LogP contribution >= 0.6 is 0 Å². The molecule has 0 aliphatic heterocycles. The highest BCUT2D eigenvalue weighted by molar-refractivity contribution is 5.75. The average Bonchev–Trinajstić information content (AvgIpc) is 2.32. The fraction of sp³-hybridized carbons (Fsp3) is 0.900. The lowest BCUT2D eigenvalue weighted by molar-refractivity contribution is -0.144. The maximum Gasteiger partial charge on any atom is 0.323 e. The van der Waals surface area contributed by atoms with E-state index in [1.807, 2.05) is 13.8 Å². The fourth-order valence-electron chi connectivity index (χ4n) is 1.33. The SMILES string of the molecule is CCC(C)C(NCCCN=[N+]=[N-])C(=O)OC. The predicted molar refractivity (Wildman–Crippen MR) is 61.9 cm³/mol. The Hall–Kier alpha value is -1.26. The van der Waals surface area contributed by atoms with E-state index in [4.69, 9.17) is 10.3 Å². The Balaban J connectivity index is 4.01. The normalized spacial score (nSPS) is 13.7. The van der Waals surface area contributed by atoms with Crippen LogP contribution in [0.2, 0.25) is 0 Å². The summed E-state index contributed by atoms with van der Waals surface area (Å²) in [6, 6.07) is -0.277. The molecule has 0 heterocycles. The molecule has 92 valence electrons. The van der Waals surface area contributed by atoms with Crippen molar-refractivity contribution in [3.8, 4) is 0 Å². The van der Waals surface area contributed by atoms with Crippen molar-refractivity contribution in [2.24, 2.45) is 11.0 Å². The second kappa shape index (κ2) is 9.00. The molecule has 0 aromatic carbocycles. The third-order valence-corrected chi connectivity index (χ3v) is 2.53. The van der Waals surface area contributed by atoms with Gasteiger partial charge in [-0.1, -0.05) is 25.4 Å². The lowest BCUT2D eigenvalue weighted by Crippen LogP contribution is -2.43. The van der Waals surface area contributed by atoms with Gasteiger partial charge in [0, 0.05) is 11.5 Å². The Kier molecular flexibility index (Phi) is 8.29. The number of methoxy groups -OCH3 is 1. The first-order chi connectivity index (χ1) is 7.67. The van der Waals surface area contributed by atoms with Crippen LogP contribution in [0.1, 0.15) is 26.7 Å². The molecular formula is C10H20N4O2. The summed E-state index contributed by atoms with van der Waals surface area (Å²) in [6.45, 7) is 5.12. The van der Waals surface area contributed by atoms with E-state index in [0.717, 1.165) is 6.42 Å². The predicted octanol–water partition coefficient (Wildman–Crippen LogP) is 1.86. The van der Waals surface area contributed by atoms with Gasteiger partial charge in [0.25, 0.3) is 0 Å². The van der Waals surface area contributed by atoms with Crippen molar-refractivity contribution in [1.82, 2.24) is 5.32 Å². The molecule has 0 amide bonds. The van der Waals surface area contributed by atoms with Crippen LogP contribution in [0.25, 0.3) is 10.4 Å². The van der Waals surface area contributed by atoms with Gasteiger partial charge in [0.15, 0.2) is 0 Å². The van der Waals surface area contributed by atoms with E-state index < -0.39 is 0 Å². The van der Waals surface area contributed by atoms with Crippen LogP contribution in [-0.4, -0.2) is 32.2 Å². The maximum atomic E-state index is 11.5. The number of ether oxygens (including phenoxy) is 1. The number of hydrogen-bond acceptors (Lipinski definition) is 4. The molecular weight excluding hydrogens is 208 g/mol. The van der Waals surface area contributed by atoms with Crippen molar-refractivity contribution < 1.29 is 9.53 Å². The van der Waals surface area contributed by atoms with E-state index in [2.05, 4.69) is 15.3 Å². The zero-order valence-corrected chi connectivity index (χ0v) is 10.1. The second-order valence-corrected chi connectivity index (χ2v) is 3.65. The smallest absolute Gasteiger partial charge is 0.323 e. The molecule has 6 heteroatoms. The minimum atomic E-state index is -0.277. The highest BCUT2D eigenvalue weighted by atomic mass is 16.5. The van der Waals surface area contributed by atoms with Crippen molar-refractivity contribution in [2.75, 3.05) is 20.2 Å². The lowest BCUT2D eigenvalue weighted by Gasteiger charge is -2.21.